The summed E-state index contributed by atoms with van der Waals surface area (Å²) in [6, 6.07) is 5.93. The topological polar surface area (TPSA) is 25.8 Å². The second-order valence-electron chi connectivity index (χ2n) is 6.87. The molecule has 0 amide bonds. The van der Waals surface area contributed by atoms with Crippen molar-refractivity contribution in [2.45, 2.75) is 11.8 Å². The highest BCUT2D eigenvalue weighted by Gasteiger charge is 2.68. The molecule has 3 aromatic rings. The van der Waals surface area contributed by atoms with E-state index in [1.807, 2.05) is 0 Å². The molecule has 2 nitrogen and oxygen atoms in total. The Morgan fingerprint density at radius 1 is 0.788 bits per heavy atom. The number of rotatable bonds is 5. The van der Waals surface area contributed by atoms with Crippen molar-refractivity contribution in [3.8, 4) is 11.1 Å². The second kappa shape index (κ2) is 7.65. The van der Waals surface area contributed by atoms with Crippen LogP contribution < -0.4 is 0 Å². The number of benzene rings is 2. The lowest BCUT2D eigenvalue weighted by Crippen LogP contribution is -2.11. The molecule has 0 aliphatic heterocycles. The van der Waals surface area contributed by atoms with Crippen molar-refractivity contribution >= 4 is 28.2 Å². The molecule has 0 saturated heterocycles. The summed E-state index contributed by atoms with van der Waals surface area (Å²) in [4.78, 5) is 4.71. The molecular formula is C21H13F9N2S. The predicted molar refractivity (Wildman–Crippen MR) is 109 cm³/mol. The highest BCUT2D eigenvalue weighted by atomic mass is 32.5. The van der Waals surface area contributed by atoms with Gasteiger partial charge in [-0.05, 0) is 36.3 Å². The number of nitrogens with zero attached hydrogens (tertiary/aromatic N) is 2. The van der Waals surface area contributed by atoms with E-state index >= 15 is 0 Å². The molecule has 0 aliphatic rings. The average Bonchev–Trinajstić information content (AvgIpc) is 2.69. The predicted octanol–water partition coefficient (Wildman–Crippen LogP) is 8.88. The van der Waals surface area contributed by atoms with E-state index in [-0.39, 0.29) is 23.5 Å². The summed E-state index contributed by atoms with van der Waals surface area (Å²) < 4.78 is 118. The van der Waals surface area contributed by atoms with Gasteiger partial charge < -0.3 is 0 Å². The van der Waals surface area contributed by atoms with E-state index in [9.17, 15) is 37.0 Å². The zero-order chi connectivity index (χ0) is 24.7. The Balaban J connectivity index is 1.82. The maximum atomic E-state index is 13.7. The molecule has 1 aromatic heterocycles. The zero-order valence-electron chi connectivity index (χ0n) is 16.5. The maximum absolute atomic E-state index is 13.7. The van der Waals surface area contributed by atoms with Crippen LogP contribution in [-0.2, 0) is 0 Å². The van der Waals surface area contributed by atoms with Crippen LogP contribution in [-0.4, -0.2) is 9.97 Å². The lowest BCUT2D eigenvalue weighted by atomic mass is 10.1. The minimum Gasteiger partial charge on any atom is -0.236 e. The molecule has 0 radical (unpaired) electrons. The van der Waals surface area contributed by atoms with Gasteiger partial charge in [0, 0.05) is 23.5 Å². The smallest absolute Gasteiger partial charge is 0.236 e. The molecule has 3 rings (SSSR count). The Hall–Kier alpha value is -3.28. The van der Waals surface area contributed by atoms with Gasteiger partial charge in [0.1, 0.15) is 17.5 Å². The standard InChI is InChI=1S/C21H13F9N2S/c1-12(22)20(25)15-5-3-14(4-6-15)16-10-31-19(32-11-16)7-2-13-8-17(23)21(18(24)9-13)33(26,27,28,29)30/h2-11H,1H3/b7-2+,20-12+. The van der Waals surface area contributed by atoms with Crippen LogP contribution in [0.4, 0.5) is 37.0 Å². The Morgan fingerprint density at radius 3 is 1.76 bits per heavy atom. The van der Waals surface area contributed by atoms with E-state index in [0.29, 0.717) is 11.1 Å². The summed E-state index contributed by atoms with van der Waals surface area (Å²) in [6.07, 6.45) is 4.73. The number of hydrogen-bond acceptors (Lipinski definition) is 2. The Labute approximate surface area is 181 Å². The number of allylic oxidation sites excluding steroid dienone is 1. The van der Waals surface area contributed by atoms with Crippen LogP contribution in [0.3, 0.4) is 0 Å². The third-order valence-electron chi connectivity index (χ3n) is 4.28. The summed E-state index contributed by atoms with van der Waals surface area (Å²) in [6.45, 7) is 0.979. The van der Waals surface area contributed by atoms with E-state index in [2.05, 4.69) is 9.97 Å². The first-order valence-electron chi connectivity index (χ1n) is 8.91. The van der Waals surface area contributed by atoms with E-state index in [1.165, 1.54) is 36.7 Å². The minimum absolute atomic E-state index is 0.00462. The van der Waals surface area contributed by atoms with Gasteiger partial charge in [0.25, 0.3) is 0 Å². The van der Waals surface area contributed by atoms with Crippen molar-refractivity contribution in [3.63, 3.8) is 0 Å². The molecule has 0 unspecified atom stereocenters. The molecule has 12 heteroatoms. The molecule has 33 heavy (non-hydrogen) atoms. The Bertz CT molecular complexity index is 1240. The second-order valence-corrected chi connectivity index (χ2v) is 9.22. The molecule has 2 aromatic carbocycles. The lowest BCUT2D eigenvalue weighted by molar-refractivity contribution is 0.344. The molecule has 1 heterocycles. The van der Waals surface area contributed by atoms with Crippen molar-refractivity contribution in [1.29, 1.82) is 0 Å². The molecular weight excluding hydrogens is 483 g/mol. The van der Waals surface area contributed by atoms with Gasteiger partial charge in [0.15, 0.2) is 16.5 Å². The fourth-order valence-corrected chi connectivity index (χ4v) is 3.65. The summed E-state index contributed by atoms with van der Waals surface area (Å²) in [5, 5.41) is 0. The van der Waals surface area contributed by atoms with Gasteiger partial charge in [0.05, 0.1) is 0 Å². The van der Waals surface area contributed by atoms with Crippen molar-refractivity contribution in [3.05, 3.63) is 83.2 Å². The van der Waals surface area contributed by atoms with E-state index < -0.39 is 44.0 Å². The quantitative estimate of drug-likeness (QED) is 0.330. The normalized spacial score (nSPS) is 15.2. The Morgan fingerprint density at radius 2 is 1.30 bits per heavy atom. The van der Waals surface area contributed by atoms with E-state index in [1.54, 1.807) is 0 Å². The van der Waals surface area contributed by atoms with E-state index in [4.69, 9.17) is 0 Å². The van der Waals surface area contributed by atoms with E-state index in [0.717, 1.165) is 19.1 Å². The summed E-state index contributed by atoms with van der Waals surface area (Å²) in [5.41, 5.74) is 0.624. The zero-order valence-corrected chi connectivity index (χ0v) is 17.3. The fourth-order valence-electron chi connectivity index (χ4n) is 2.80. The monoisotopic (exact) mass is 496 g/mol. The molecule has 0 bridgehead atoms. The third kappa shape index (κ3) is 5.75. The van der Waals surface area contributed by atoms with Crippen LogP contribution in [0.5, 0.6) is 0 Å². The third-order valence-corrected chi connectivity index (χ3v) is 5.44. The lowest BCUT2D eigenvalue weighted by Gasteiger charge is -2.40. The molecule has 0 atom stereocenters. The maximum Gasteiger partial charge on any atom is 0.315 e. The van der Waals surface area contributed by atoms with Crippen LogP contribution in [0.1, 0.15) is 23.9 Å². The molecule has 0 aliphatic carbocycles. The van der Waals surface area contributed by atoms with Crippen LogP contribution in [0.25, 0.3) is 29.1 Å². The van der Waals surface area contributed by atoms with Gasteiger partial charge in [0.2, 0.25) is 0 Å². The SMILES string of the molecule is C/C(F)=C(\F)c1ccc(-c2cnc(/C=C/c3cc(F)c(S(F)(F)(F)(F)F)c(F)c3)nc2)cc1. The molecule has 0 saturated carbocycles. The summed E-state index contributed by atoms with van der Waals surface area (Å²) >= 11 is 0. The van der Waals surface area contributed by atoms with Gasteiger partial charge in [-0.2, -0.15) is 0 Å². The average molecular weight is 496 g/mol. The first kappa shape index (κ1) is 24.4. The van der Waals surface area contributed by atoms with Crippen LogP contribution in [0.15, 0.2) is 59.5 Å². The highest BCUT2D eigenvalue weighted by Crippen LogP contribution is 3.02. The number of halogens is 9. The van der Waals surface area contributed by atoms with Crippen molar-refractivity contribution < 1.29 is 37.0 Å². The van der Waals surface area contributed by atoms with Crippen LogP contribution >= 0.6 is 10.2 Å². The fraction of sp³-hybridized carbons (Fsp3) is 0.0476. The van der Waals surface area contributed by atoms with Gasteiger partial charge in [-0.1, -0.05) is 49.8 Å². The minimum atomic E-state index is -10.5. The highest BCUT2D eigenvalue weighted by molar-refractivity contribution is 8.45. The van der Waals surface area contributed by atoms with Gasteiger partial charge in [-0.3, -0.25) is 0 Å². The number of aromatic nitrogens is 2. The van der Waals surface area contributed by atoms with Gasteiger partial charge in [-0.25, -0.2) is 27.5 Å². The first-order chi connectivity index (χ1) is 15.0. The largest absolute Gasteiger partial charge is 0.315 e. The molecule has 0 N–H and O–H groups in total. The molecule has 0 fully saturated rings. The summed E-state index contributed by atoms with van der Waals surface area (Å²) in [7, 11) is -10.5. The van der Waals surface area contributed by atoms with Crippen LogP contribution in [0.2, 0.25) is 0 Å². The first-order valence-corrected chi connectivity index (χ1v) is 10.9. The van der Waals surface area contributed by atoms with Crippen molar-refractivity contribution in [1.82, 2.24) is 9.97 Å². The molecule has 0 spiro atoms. The van der Waals surface area contributed by atoms with Crippen molar-refractivity contribution in [2.24, 2.45) is 0 Å². The van der Waals surface area contributed by atoms with Crippen LogP contribution in [0, 0.1) is 11.6 Å². The number of hydrogen-bond donors (Lipinski definition) is 0. The van der Waals surface area contributed by atoms with Gasteiger partial charge in [-0.15, -0.1) is 0 Å². The Kier molecular flexibility index (Phi) is 5.65. The van der Waals surface area contributed by atoms with Gasteiger partial charge >= 0.3 is 10.2 Å². The summed E-state index contributed by atoms with van der Waals surface area (Å²) in [5.74, 6) is -6.86. The molecule has 176 valence electrons. The van der Waals surface area contributed by atoms with Crippen molar-refractivity contribution in [2.75, 3.05) is 0 Å².